The van der Waals surface area contributed by atoms with E-state index in [1.165, 1.54) is 16.2 Å². The largest absolute Gasteiger partial charge is 0.394 e. The Labute approximate surface area is 184 Å². The zero-order chi connectivity index (χ0) is 22.5. The quantitative estimate of drug-likeness (QED) is 0.384. The minimum Gasteiger partial charge on any atom is -0.394 e. The number of hydrogen-bond acceptors (Lipinski definition) is 8. The molecule has 0 aliphatic carbocycles. The van der Waals surface area contributed by atoms with E-state index in [0.717, 1.165) is 12.1 Å². The summed E-state index contributed by atoms with van der Waals surface area (Å²) in [7, 11) is 1.90. The number of hydrogen-bond donors (Lipinski definition) is 3. The number of rotatable bonds is 8. The van der Waals surface area contributed by atoms with E-state index in [1.807, 2.05) is 31.3 Å². The molecule has 3 N–H and O–H groups in total. The van der Waals surface area contributed by atoms with E-state index in [1.54, 1.807) is 30.7 Å². The van der Waals surface area contributed by atoms with Crippen molar-refractivity contribution in [3.8, 4) is 34.0 Å². The van der Waals surface area contributed by atoms with Crippen molar-refractivity contribution in [2.45, 2.75) is 12.6 Å². The summed E-state index contributed by atoms with van der Waals surface area (Å²) in [5.74, 6) is 0.463. The summed E-state index contributed by atoms with van der Waals surface area (Å²) in [5.41, 5.74) is 4.08. The molecule has 0 radical (unpaired) electrons. The molecule has 0 spiro atoms. The Morgan fingerprint density at radius 1 is 1.00 bits per heavy atom. The highest BCUT2D eigenvalue weighted by molar-refractivity contribution is 5.66. The molecule has 4 rings (SSSR count). The van der Waals surface area contributed by atoms with E-state index in [0.29, 0.717) is 28.4 Å². The molecular formula is C23H23N5O4. The van der Waals surface area contributed by atoms with Crippen molar-refractivity contribution in [3.63, 3.8) is 0 Å². The number of pyridine rings is 1. The highest BCUT2D eigenvalue weighted by atomic mass is 16.5. The first-order valence-electron chi connectivity index (χ1n) is 10.1. The van der Waals surface area contributed by atoms with Crippen LogP contribution in [0.15, 0.2) is 70.4 Å². The number of nitrogens with one attached hydrogen (secondary N) is 1. The summed E-state index contributed by atoms with van der Waals surface area (Å²) in [6.07, 6.45) is 4.69. The molecule has 0 saturated carbocycles. The second-order valence-electron chi connectivity index (χ2n) is 7.28. The molecule has 0 aliphatic rings. The fraction of sp³-hybridized carbons (Fsp3) is 0.217. The molecule has 4 aromatic rings. The molecule has 0 fully saturated rings. The average Bonchev–Trinajstić information content (AvgIpc) is 3.32. The molecule has 32 heavy (non-hydrogen) atoms. The summed E-state index contributed by atoms with van der Waals surface area (Å²) in [6.45, 7) is 0.0715. The lowest BCUT2D eigenvalue weighted by atomic mass is 10.1. The van der Waals surface area contributed by atoms with Crippen LogP contribution in [0.4, 0.5) is 0 Å². The molecule has 3 aromatic heterocycles. The van der Waals surface area contributed by atoms with Gasteiger partial charge in [-0.15, -0.1) is 0 Å². The van der Waals surface area contributed by atoms with E-state index in [-0.39, 0.29) is 18.8 Å². The maximum absolute atomic E-state index is 12.1. The third kappa shape index (κ3) is 4.50. The van der Waals surface area contributed by atoms with Crippen molar-refractivity contribution >= 4 is 0 Å². The van der Waals surface area contributed by atoms with Gasteiger partial charge in [0, 0.05) is 36.0 Å². The van der Waals surface area contributed by atoms with Gasteiger partial charge in [-0.2, -0.15) is 0 Å². The SMILES string of the molecule is CNCc1ccc(-c2cc(-c3cncc(-c4ccc(=O)n(C(CO)CO)c4)n3)on2)cc1. The maximum atomic E-state index is 12.1. The monoisotopic (exact) mass is 433 g/mol. The summed E-state index contributed by atoms with van der Waals surface area (Å²) in [5, 5.41) is 26.1. The van der Waals surface area contributed by atoms with Crippen LogP contribution in [0.2, 0.25) is 0 Å². The molecule has 9 heteroatoms. The van der Waals surface area contributed by atoms with Crippen LogP contribution in [0.1, 0.15) is 11.6 Å². The van der Waals surface area contributed by atoms with Gasteiger partial charge in [0.2, 0.25) is 0 Å². The Balaban J connectivity index is 1.63. The molecule has 0 saturated heterocycles. The molecule has 164 valence electrons. The van der Waals surface area contributed by atoms with Crippen LogP contribution in [0.5, 0.6) is 0 Å². The van der Waals surface area contributed by atoms with E-state index >= 15 is 0 Å². The van der Waals surface area contributed by atoms with Crippen LogP contribution in [-0.2, 0) is 6.54 Å². The Hall–Kier alpha value is -3.66. The van der Waals surface area contributed by atoms with Gasteiger partial charge in [0.25, 0.3) is 5.56 Å². The van der Waals surface area contributed by atoms with Crippen LogP contribution in [0, 0.1) is 0 Å². The van der Waals surface area contributed by atoms with E-state index in [4.69, 9.17) is 4.52 Å². The van der Waals surface area contributed by atoms with Crippen LogP contribution in [0.3, 0.4) is 0 Å². The molecule has 0 bridgehead atoms. The third-order valence-corrected chi connectivity index (χ3v) is 5.08. The Kier molecular flexibility index (Phi) is 6.50. The molecule has 0 unspecified atom stereocenters. The smallest absolute Gasteiger partial charge is 0.250 e. The first-order chi connectivity index (χ1) is 15.6. The number of aliphatic hydroxyl groups excluding tert-OH is 2. The lowest BCUT2D eigenvalue weighted by Gasteiger charge is -2.15. The van der Waals surface area contributed by atoms with Gasteiger partial charge >= 0.3 is 0 Å². The van der Waals surface area contributed by atoms with Gasteiger partial charge in [-0.05, 0) is 18.7 Å². The predicted octanol–water partition coefficient (Wildman–Crippen LogP) is 1.87. The summed E-state index contributed by atoms with van der Waals surface area (Å²) in [4.78, 5) is 21.0. The van der Waals surface area contributed by atoms with E-state index in [9.17, 15) is 15.0 Å². The minimum atomic E-state index is -0.727. The topological polar surface area (TPSA) is 126 Å². The Morgan fingerprint density at radius 2 is 1.72 bits per heavy atom. The van der Waals surface area contributed by atoms with Gasteiger partial charge in [-0.3, -0.25) is 9.78 Å². The molecule has 3 heterocycles. The van der Waals surface area contributed by atoms with Crippen molar-refractivity contribution in [3.05, 3.63) is 77.0 Å². The molecular weight excluding hydrogens is 410 g/mol. The standard InChI is InChI=1S/C23H23N5O4/c1-24-9-15-2-4-16(5-3-15)19-8-22(32-27-19)21-11-25-10-20(26-21)17-6-7-23(31)28(12-17)18(13-29)14-30/h2-8,10-12,18,24,29-30H,9,13-14H2,1H3. The lowest BCUT2D eigenvalue weighted by Crippen LogP contribution is -2.28. The van der Waals surface area contributed by atoms with Crippen LogP contribution in [-0.4, -0.2) is 50.2 Å². The summed E-state index contributed by atoms with van der Waals surface area (Å²) in [6, 6.07) is 12.1. The highest BCUT2D eigenvalue weighted by Crippen LogP contribution is 2.26. The molecule has 0 amide bonds. The fourth-order valence-corrected chi connectivity index (χ4v) is 3.33. The number of benzene rings is 1. The van der Waals surface area contributed by atoms with Crippen LogP contribution >= 0.6 is 0 Å². The first-order valence-corrected chi connectivity index (χ1v) is 10.1. The van der Waals surface area contributed by atoms with Crippen LogP contribution in [0.25, 0.3) is 34.0 Å². The Morgan fingerprint density at radius 3 is 2.44 bits per heavy atom. The summed E-state index contributed by atoms with van der Waals surface area (Å²) < 4.78 is 6.79. The maximum Gasteiger partial charge on any atom is 0.250 e. The van der Waals surface area contributed by atoms with Gasteiger partial charge in [0.1, 0.15) is 11.4 Å². The highest BCUT2D eigenvalue weighted by Gasteiger charge is 2.14. The average molecular weight is 433 g/mol. The van der Waals surface area contributed by atoms with E-state index < -0.39 is 6.04 Å². The molecule has 0 aliphatic heterocycles. The van der Waals surface area contributed by atoms with Gasteiger partial charge in [-0.1, -0.05) is 29.4 Å². The molecule has 1 aromatic carbocycles. The van der Waals surface area contributed by atoms with Gasteiger partial charge in [0.15, 0.2) is 5.76 Å². The minimum absolute atomic E-state index is 0.327. The van der Waals surface area contributed by atoms with Crippen LogP contribution < -0.4 is 10.9 Å². The molecule has 9 nitrogen and oxygen atoms in total. The van der Waals surface area contributed by atoms with Crippen molar-refractivity contribution in [1.82, 2.24) is 25.0 Å². The van der Waals surface area contributed by atoms with Gasteiger partial charge < -0.3 is 24.6 Å². The van der Waals surface area contributed by atoms with Gasteiger partial charge in [-0.25, -0.2) is 4.98 Å². The van der Waals surface area contributed by atoms with Crippen molar-refractivity contribution < 1.29 is 14.7 Å². The number of aliphatic hydroxyl groups is 2. The predicted molar refractivity (Wildman–Crippen MR) is 119 cm³/mol. The van der Waals surface area contributed by atoms with Gasteiger partial charge in [0.05, 0.1) is 37.3 Å². The van der Waals surface area contributed by atoms with Crippen molar-refractivity contribution in [1.29, 1.82) is 0 Å². The zero-order valence-corrected chi connectivity index (χ0v) is 17.5. The Bertz CT molecular complexity index is 1250. The lowest BCUT2D eigenvalue weighted by molar-refractivity contribution is 0.152. The zero-order valence-electron chi connectivity index (χ0n) is 17.5. The number of aromatic nitrogens is 4. The normalized spacial score (nSPS) is 11.2. The summed E-state index contributed by atoms with van der Waals surface area (Å²) >= 11 is 0. The van der Waals surface area contributed by atoms with Crippen molar-refractivity contribution in [2.24, 2.45) is 0 Å². The second kappa shape index (κ2) is 9.65. The first kappa shape index (κ1) is 21.6. The van der Waals surface area contributed by atoms with Crippen molar-refractivity contribution in [2.75, 3.05) is 20.3 Å². The molecule has 0 atom stereocenters. The third-order valence-electron chi connectivity index (χ3n) is 5.08. The second-order valence-corrected chi connectivity index (χ2v) is 7.28. The van der Waals surface area contributed by atoms with E-state index in [2.05, 4.69) is 20.4 Å². The fourth-order valence-electron chi connectivity index (χ4n) is 3.33. The number of nitrogens with zero attached hydrogens (tertiary/aromatic N) is 4.